The average Bonchev–Trinajstić information content (AvgIpc) is 2.52. The maximum Gasteiger partial charge on any atom is 0.271 e. The minimum absolute atomic E-state index is 0.250. The molecule has 100 valence electrons. The molecule has 0 saturated carbocycles. The largest absolute Gasteiger partial charge is 0.384 e. The van der Waals surface area contributed by atoms with Crippen LogP contribution >= 0.6 is 0 Å². The van der Waals surface area contributed by atoms with Crippen LogP contribution in [-0.4, -0.2) is 22.6 Å². The molecule has 0 atom stereocenters. The zero-order chi connectivity index (χ0) is 14.2. The second-order valence-corrected chi connectivity index (χ2v) is 4.03. The van der Waals surface area contributed by atoms with Gasteiger partial charge in [0.1, 0.15) is 12.3 Å². The quantitative estimate of drug-likeness (QED) is 0.824. The van der Waals surface area contributed by atoms with E-state index in [0.29, 0.717) is 12.1 Å². The van der Waals surface area contributed by atoms with E-state index in [9.17, 15) is 4.79 Å². The summed E-state index contributed by atoms with van der Waals surface area (Å²) in [5.41, 5.74) is 1.79. The Morgan fingerprint density at radius 1 is 1.20 bits per heavy atom. The molecule has 0 bridgehead atoms. The van der Waals surface area contributed by atoms with Crippen LogP contribution in [0.5, 0.6) is 0 Å². The van der Waals surface area contributed by atoms with Gasteiger partial charge in [0.2, 0.25) is 0 Å². The molecule has 2 N–H and O–H groups in total. The van der Waals surface area contributed by atoms with E-state index in [4.69, 9.17) is 5.11 Å². The Labute approximate surface area is 117 Å². The van der Waals surface area contributed by atoms with Crippen LogP contribution in [0.25, 0.3) is 0 Å². The molecule has 0 aliphatic rings. The number of benzene rings is 1. The van der Waals surface area contributed by atoms with E-state index in [1.807, 2.05) is 30.3 Å². The molecule has 1 aromatic heterocycles. The van der Waals surface area contributed by atoms with Crippen LogP contribution < -0.4 is 5.32 Å². The maximum atomic E-state index is 12.1. The number of carbonyl (C=O) groups excluding carboxylic acids is 1. The lowest BCUT2D eigenvalue weighted by molar-refractivity contribution is 0.0945. The molecular weight excluding hydrogens is 252 g/mol. The molecule has 0 aliphatic heterocycles. The van der Waals surface area contributed by atoms with Crippen LogP contribution in [0.4, 0.5) is 0 Å². The molecule has 20 heavy (non-hydrogen) atoms. The van der Waals surface area contributed by atoms with Crippen molar-refractivity contribution in [3.8, 4) is 11.8 Å². The van der Waals surface area contributed by atoms with Crippen molar-refractivity contribution in [3.63, 3.8) is 0 Å². The first-order valence-electron chi connectivity index (χ1n) is 6.18. The van der Waals surface area contributed by atoms with Crippen molar-refractivity contribution < 1.29 is 9.90 Å². The Balaban J connectivity index is 2.09. The number of carbonyl (C=O) groups is 1. The van der Waals surface area contributed by atoms with E-state index in [1.54, 1.807) is 18.3 Å². The van der Waals surface area contributed by atoms with Crippen LogP contribution in [0, 0.1) is 11.8 Å². The van der Waals surface area contributed by atoms with E-state index in [2.05, 4.69) is 22.1 Å². The first kappa shape index (κ1) is 13.8. The van der Waals surface area contributed by atoms with Crippen molar-refractivity contribution in [2.45, 2.75) is 6.54 Å². The van der Waals surface area contributed by atoms with Gasteiger partial charge in [-0.25, -0.2) is 4.98 Å². The van der Waals surface area contributed by atoms with E-state index < -0.39 is 0 Å². The predicted octanol–water partition coefficient (Wildman–Crippen LogP) is 1.36. The zero-order valence-electron chi connectivity index (χ0n) is 10.8. The summed E-state index contributed by atoms with van der Waals surface area (Å²) in [7, 11) is 0. The highest BCUT2D eigenvalue weighted by molar-refractivity contribution is 5.94. The van der Waals surface area contributed by atoms with Crippen LogP contribution in [0.1, 0.15) is 21.6 Å². The highest BCUT2D eigenvalue weighted by atomic mass is 16.2. The summed E-state index contributed by atoms with van der Waals surface area (Å²) in [6.45, 7) is 0.184. The van der Waals surface area contributed by atoms with Crippen molar-refractivity contribution in [2.75, 3.05) is 6.61 Å². The molecule has 1 heterocycles. The molecule has 0 unspecified atom stereocenters. The van der Waals surface area contributed by atoms with Crippen LogP contribution in [0.3, 0.4) is 0 Å². The van der Waals surface area contributed by atoms with Crippen molar-refractivity contribution in [3.05, 3.63) is 65.5 Å². The summed E-state index contributed by atoms with van der Waals surface area (Å²) in [4.78, 5) is 16.1. The fraction of sp³-hybridized carbons (Fsp3) is 0.125. The second-order valence-electron chi connectivity index (χ2n) is 4.03. The first-order chi connectivity index (χ1) is 9.81. The summed E-state index contributed by atoms with van der Waals surface area (Å²) in [6, 6.07) is 13.0. The Hall–Kier alpha value is -2.64. The summed E-state index contributed by atoms with van der Waals surface area (Å²) in [6.07, 6.45) is 1.54. The second kappa shape index (κ2) is 7.07. The Kier molecular flexibility index (Phi) is 4.87. The van der Waals surface area contributed by atoms with Gasteiger partial charge in [-0.15, -0.1) is 0 Å². The molecule has 0 fully saturated rings. The smallest absolute Gasteiger partial charge is 0.271 e. The number of nitrogens with zero attached hydrogens (tertiary/aromatic N) is 1. The van der Waals surface area contributed by atoms with Crippen molar-refractivity contribution in [2.24, 2.45) is 0 Å². The number of amides is 1. The third-order valence-corrected chi connectivity index (χ3v) is 2.62. The van der Waals surface area contributed by atoms with Gasteiger partial charge in [0.25, 0.3) is 5.91 Å². The molecule has 1 aromatic carbocycles. The monoisotopic (exact) mass is 266 g/mol. The van der Waals surface area contributed by atoms with Gasteiger partial charge in [0, 0.05) is 12.7 Å². The van der Waals surface area contributed by atoms with E-state index in [-0.39, 0.29) is 18.2 Å². The molecule has 0 aliphatic carbocycles. The summed E-state index contributed by atoms with van der Waals surface area (Å²) in [5.74, 6) is 4.96. The Morgan fingerprint density at radius 3 is 2.75 bits per heavy atom. The van der Waals surface area contributed by atoms with Crippen molar-refractivity contribution in [1.29, 1.82) is 0 Å². The normalized spacial score (nSPS) is 9.45. The minimum Gasteiger partial charge on any atom is -0.384 e. The van der Waals surface area contributed by atoms with Gasteiger partial charge in [-0.3, -0.25) is 4.79 Å². The van der Waals surface area contributed by atoms with E-state index in [0.717, 1.165) is 5.56 Å². The lowest BCUT2D eigenvalue weighted by atomic mass is 10.1. The van der Waals surface area contributed by atoms with Crippen LogP contribution in [0.15, 0.2) is 48.7 Å². The van der Waals surface area contributed by atoms with Gasteiger partial charge in [0.05, 0.1) is 5.56 Å². The minimum atomic E-state index is -0.281. The number of hydrogen-bond donors (Lipinski definition) is 2. The van der Waals surface area contributed by atoms with Crippen LogP contribution in [0.2, 0.25) is 0 Å². The van der Waals surface area contributed by atoms with Gasteiger partial charge in [-0.05, 0) is 17.7 Å². The molecule has 0 radical (unpaired) electrons. The summed E-state index contributed by atoms with van der Waals surface area (Å²) >= 11 is 0. The van der Waals surface area contributed by atoms with Gasteiger partial charge in [-0.2, -0.15) is 0 Å². The standard InChI is InChI=1S/C16H14N2O2/c19-11-5-9-14-8-4-10-17-15(14)16(20)18-12-13-6-2-1-3-7-13/h1-4,6-8,10,19H,11-12H2,(H,18,20). The molecule has 0 spiro atoms. The van der Waals surface area contributed by atoms with E-state index >= 15 is 0 Å². The number of nitrogens with one attached hydrogen (secondary N) is 1. The SMILES string of the molecule is O=C(NCc1ccccc1)c1ncccc1C#CCO. The summed E-state index contributed by atoms with van der Waals surface area (Å²) < 4.78 is 0. The topological polar surface area (TPSA) is 62.2 Å². The molecule has 0 saturated heterocycles. The molecule has 2 rings (SSSR count). The predicted molar refractivity (Wildman–Crippen MR) is 75.8 cm³/mol. The van der Waals surface area contributed by atoms with Gasteiger partial charge >= 0.3 is 0 Å². The lowest BCUT2D eigenvalue weighted by Gasteiger charge is -2.06. The molecule has 1 amide bonds. The van der Waals surface area contributed by atoms with Crippen molar-refractivity contribution in [1.82, 2.24) is 10.3 Å². The third-order valence-electron chi connectivity index (χ3n) is 2.62. The first-order valence-corrected chi connectivity index (χ1v) is 6.18. The maximum absolute atomic E-state index is 12.1. The van der Waals surface area contributed by atoms with Crippen molar-refractivity contribution >= 4 is 5.91 Å². The average molecular weight is 266 g/mol. The Morgan fingerprint density at radius 2 is 2.00 bits per heavy atom. The highest BCUT2D eigenvalue weighted by Crippen LogP contribution is 2.04. The Bertz CT molecular complexity index is 642. The number of hydrogen-bond acceptors (Lipinski definition) is 3. The molecule has 2 aromatic rings. The fourth-order valence-electron chi connectivity index (χ4n) is 1.68. The lowest BCUT2D eigenvalue weighted by Crippen LogP contribution is -2.24. The molecule has 4 heteroatoms. The molecule has 4 nitrogen and oxygen atoms in total. The van der Waals surface area contributed by atoms with Gasteiger partial charge < -0.3 is 10.4 Å². The fourth-order valence-corrected chi connectivity index (χ4v) is 1.68. The van der Waals surface area contributed by atoms with Gasteiger partial charge in [0.15, 0.2) is 0 Å². The highest BCUT2D eigenvalue weighted by Gasteiger charge is 2.10. The number of aliphatic hydroxyl groups excluding tert-OH is 1. The summed E-state index contributed by atoms with van der Waals surface area (Å²) in [5, 5.41) is 11.5. The van der Waals surface area contributed by atoms with E-state index in [1.165, 1.54) is 0 Å². The number of pyridine rings is 1. The zero-order valence-corrected chi connectivity index (χ0v) is 10.8. The third kappa shape index (κ3) is 3.67. The number of aromatic nitrogens is 1. The van der Waals surface area contributed by atoms with Gasteiger partial charge in [-0.1, -0.05) is 42.2 Å². The van der Waals surface area contributed by atoms with Crippen LogP contribution in [-0.2, 0) is 6.54 Å². The molecular formula is C16H14N2O2. The number of aliphatic hydroxyl groups is 1. The number of rotatable bonds is 3.